The van der Waals surface area contributed by atoms with Gasteiger partial charge in [0.15, 0.2) is 11.6 Å². The molecule has 0 aromatic heterocycles. The van der Waals surface area contributed by atoms with Gasteiger partial charge in [0.25, 0.3) is 5.91 Å². The molecule has 0 atom stereocenters. The highest BCUT2D eigenvalue weighted by atomic mass is 19.2. The summed E-state index contributed by atoms with van der Waals surface area (Å²) in [6.45, 7) is 0.0948. The first-order chi connectivity index (χ1) is 9.63. The van der Waals surface area contributed by atoms with Gasteiger partial charge in [-0.2, -0.15) is 0 Å². The maximum absolute atomic E-state index is 13.5. The first kappa shape index (κ1) is 14.0. The van der Waals surface area contributed by atoms with E-state index in [9.17, 15) is 13.6 Å². The fourth-order valence-electron chi connectivity index (χ4n) is 1.85. The fourth-order valence-corrected chi connectivity index (χ4v) is 1.85. The predicted molar refractivity (Wildman–Crippen MR) is 73.5 cm³/mol. The summed E-state index contributed by atoms with van der Waals surface area (Å²) in [5.74, 6) is -2.01. The van der Waals surface area contributed by atoms with Crippen molar-refractivity contribution in [2.75, 3.05) is 12.4 Å². The molecule has 3 nitrogen and oxygen atoms in total. The molecular weight excluding hydrogens is 262 g/mol. The first-order valence-electron chi connectivity index (χ1n) is 6.11. The zero-order chi connectivity index (χ0) is 14.5. The molecular formula is C15H14F2N2O. The van der Waals surface area contributed by atoms with Crippen LogP contribution in [0.4, 0.5) is 14.5 Å². The van der Waals surface area contributed by atoms with Crippen molar-refractivity contribution >= 4 is 11.6 Å². The number of carbonyl (C=O) groups excluding carboxylic acids is 1. The summed E-state index contributed by atoms with van der Waals surface area (Å²) >= 11 is 0. The lowest BCUT2D eigenvalue weighted by Gasteiger charge is -2.11. The lowest BCUT2D eigenvalue weighted by Crippen LogP contribution is -2.19. The van der Waals surface area contributed by atoms with Crippen molar-refractivity contribution in [1.82, 2.24) is 5.32 Å². The van der Waals surface area contributed by atoms with Crippen LogP contribution in [-0.2, 0) is 6.54 Å². The number of hydrogen-bond acceptors (Lipinski definition) is 2. The van der Waals surface area contributed by atoms with Gasteiger partial charge in [-0.3, -0.25) is 4.79 Å². The lowest BCUT2D eigenvalue weighted by molar-refractivity contribution is 0.0964. The molecule has 0 saturated carbocycles. The van der Waals surface area contributed by atoms with Crippen LogP contribution in [-0.4, -0.2) is 13.0 Å². The molecule has 20 heavy (non-hydrogen) atoms. The second-order valence-corrected chi connectivity index (χ2v) is 4.19. The van der Waals surface area contributed by atoms with Gasteiger partial charge in [0.2, 0.25) is 0 Å². The van der Waals surface area contributed by atoms with Crippen LogP contribution >= 0.6 is 0 Å². The molecule has 5 heteroatoms. The molecule has 0 spiro atoms. The molecule has 0 aliphatic rings. The smallest absolute Gasteiger partial charge is 0.253 e. The van der Waals surface area contributed by atoms with Crippen LogP contribution in [0.15, 0.2) is 42.5 Å². The molecule has 1 amide bonds. The maximum atomic E-state index is 13.5. The predicted octanol–water partition coefficient (Wildman–Crippen LogP) is 2.94. The van der Waals surface area contributed by atoms with Crippen molar-refractivity contribution in [3.05, 3.63) is 65.2 Å². The van der Waals surface area contributed by atoms with Crippen LogP contribution < -0.4 is 10.6 Å². The lowest BCUT2D eigenvalue weighted by atomic mass is 10.1. The Morgan fingerprint density at radius 1 is 1.10 bits per heavy atom. The Morgan fingerprint density at radius 3 is 2.60 bits per heavy atom. The number of amides is 1. The van der Waals surface area contributed by atoms with Gasteiger partial charge in [-0.15, -0.1) is 0 Å². The van der Waals surface area contributed by atoms with Gasteiger partial charge in [0, 0.05) is 24.8 Å². The van der Waals surface area contributed by atoms with Crippen molar-refractivity contribution in [2.24, 2.45) is 0 Å². The van der Waals surface area contributed by atoms with Crippen LogP contribution in [0.1, 0.15) is 15.9 Å². The summed E-state index contributed by atoms with van der Waals surface area (Å²) in [4.78, 5) is 11.7. The SMILES string of the molecule is CNC(=O)c1ccccc1NCc1cccc(F)c1F. The quantitative estimate of drug-likeness (QED) is 0.901. The largest absolute Gasteiger partial charge is 0.380 e. The minimum atomic E-state index is -0.885. The highest BCUT2D eigenvalue weighted by Crippen LogP contribution is 2.18. The molecule has 2 aromatic rings. The third kappa shape index (κ3) is 2.93. The molecule has 2 aromatic carbocycles. The molecule has 0 saturated heterocycles. The van der Waals surface area contributed by atoms with Gasteiger partial charge >= 0.3 is 0 Å². The zero-order valence-corrected chi connectivity index (χ0v) is 10.9. The monoisotopic (exact) mass is 276 g/mol. The van der Waals surface area contributed by atoms with Crippen molar-refractivity contribution in [3.63, 3.8) is 0 Å². The van der Waals surface area contributed by atoms with E-state index in [1.54, 1.807) is 24.3 Å². The molecule has 2 N–H and O–H groups in total. The Kier molecular flexibility index (Phi) is 4.30. The topological polar surface area (TPSA) is 41.1 Å². The molecule has 0 aliphatic heterocycles. The average Bonchev–Trinajstić information content (AvgIpc) is 2.48. The summed E-state index contributed by atoms with van der Waals surface area (Å²) in [5, 5.41) is 5.47. The van der Waals surface area contributed by atoms with Crippen molar-refractivity contribution in [2.45, 2.75) is 6.54 Å². The van der Waals surface area contributed by atoms with E-state index in [2.05, 4.69) is 10.6 Å². The summed E-state index contributed by atoms with van der Waals surface area (Å²) in [7, 11) is 1.53. The summed E-state index contributed by atoms with van der Waals surface area (Å²) in [6, 6.07) is 10.9. The highest BCUT2D eigenvalue weighted by molar-refractivity contribution is 5.99. The van der Waals surface area contributed by atoms with Crippen LogP contribution in [0.25, 0.3) is 0 Å². The van der Waals surface area contributed by atoms with E-state index in [0.717, 1.165) is 6.07 Å². The number of hydrogen-bond donors (Lipinski definition) is 2. The van der Waals surface area contributed by atoms with Gasteiger partial charge < -0.3 is 10.6 Å². The average molecular weight is 276 g/mol. The highest BCUT2D eigenvalue weighted by Gasteiger charge is 2.11. The fraction of sp³-hybridized carbons (Fsp3) is 0.133. The van der Waals surface area contributed by atoms with Gasteiger partial charge in [-0.25, -0.2) is 8.78 Å². The number of anilines is 1. The van der Waals surface area contributed by atoms with Gasteiger partial charge in [0.05, 0.1) is 5.56 Å². The molecule has 0 bridgehead atoms. The van der Waals surface area contributed by atoms with E-state index in [1.807, 2.05) is 0 Å². The number of nitrogens with one attached hydrogen (secondary N) is 2. The first-order valence-corrected chi connectivity index (χ1v) is 6.11. The summed E-state index contributed by atoms with van der Waals surface area (Å²) in [5.41, 5.74) is 1.22. The van der Waals surface area contributed by atoms with Crippen molar-refractivity contribution in [1.29, 1.82) is 0 Å². The van der Waals surface area contributed by atoms with E-state index in [0.29, 0.717) is 11.3 Å². The van der Waals surface area contributed by atoms with Crippen LogP contribution in [0.3, 0.4) is 0 Å². The Bertz CT molecular complexity index is 629. The molecule has 104 valence electrons. The molecule has 2 rings (SSSR count). The van der Waals surface area contributed by atoms with E-state index in [1.165, 1.54) is 19.2 Å². The van der Waals surface area contributed by atoms with Crippen LogP contribution in [0, 0.1) is 11.6 Å². The second-order valence-electron chi connectivity index (χ2n) is 4.19. The van der Waals surface area contributed by atoms with Gasteiger partial charge in [-0.1, -0.05) is 24.3 Å². The molecule has 0 unspecified atom stereocenters. The van der Waals surface area contributed by atoms with Crippen molar-refractivity contribution < 1.29 is 13.6 Å². The van der Waals surface area contributed by atoms with E-state index in [-0.39, 0.29) is 18.0 Å². The molecule has 0 heterocycles. The molecule has 0 fully saturated rings. The standard InChI is InChI=1S/C15H14F2N2O/c1-18-15(20)11-6-2-3-8-13(11)19-9-10-5-4-7-12(16)14(10)17/h2-8,19H,9H2,1H3,(H,18,20). The zero-order valence-electron chi connectivity index (χ0n) is 10.9. The van der Waals surface area contributed by atoms with E-state index in [4.69, 9.17) is 0 Å². The minimum Gasteiger partial charge on any atom is -0.380 e. The Labute approximate surface area is 115 Å². The molecule has 0 radical (unpaired) electrons. The number of rotatable bonds is 4. The summed E-state index contributed by atoms with van der Waals surface area (Å²) < 4.78 is 26.6. The number of halogens is 2. The third-order valence-corrected chi connectivity index (χ3v) is 2.90. The second kappa shape index (κ2) is 6.14. The number of benzene rings is 2. The number of para-hydroxylation sites is 1. The Morgan fingerprint density at radius 2 is 1.85 bits per heavy atom. The van der Waals surface area contributed by atoms with E-state index < -0.39 is 11.6 Å². The maximum Gasteiger partial charge on any atom is 0.253 e. The normalized spacial score (nSPS) is 10.2. The Hall–Kier alpha value is -2.43. The van der Waals surface area contributed by atoms with E-state index >= 15 is 0 Å². The van der Waals surface area contributed by atoms with Crippen LogP contribution in [0.5, 0.6) is 0 Å². The van der Waals surface area contributed by atoms with Crippen LogP contribution in [0.2, 0.25) is 0 Å². The summed E-state index contributed by atoms with van der Waals surface area (Å²) in [6.07, 6.45) is 0. The molecule has 0 aliphatic carbocycles. The third-order valence-electron chi connectivity index (χ3n) is 2.90. The number of carbonyl (C=O) groups is 1. The van der Waals surface area contributed by atoms with Gasteiger partial charge in [0.1, 0.15) is 0 Å². The van der Waals surface area contributed by atoms with Gasteiger partial charge in [-0.05, 0) is 18.2 Å². The Balaban J connectivity index is 2.19. The van der Waals surface area contributed by atoms with Crippen molar-refractivity contribution in [3.8, 4) is 0 Å². The minimum absolute atomic E-state index is 0.0948.